The van der Waals surface area contributed by atoms with E-state index in [4.69, 9.17) is 21.1 Å². The zero-order valence-electron chi connectivity index (χ0n) is 11.1. The number of methoxy groups -OCH3 is 2. The minimum atomic E-state index is -0.127. The van der Waals surface area contributed by atoms with Crippen LogP contribution in [0.3, 0.4) is 0 Å². The fourth-order valence-electron chi connectivity index (χ4n) is 1.72. The third-order valence-corrected chi connectivity index (χ3v) is 3.74. The van der Waals surface area contributed by atoms with Crippen LogP contribution in [0.25, 0.3) is 0 Å². The molecule has 0 aliphatic carbocycles. The molecule has 20 heavy (non-hydrogen) atoms. The van der Waals surface area contributed by atoms with E-state index in [0.29, 0.717) is 28.6 Å². The number of ether oxygens (including phenoxy) is 2. The van der Waals surface area contributed by atoms with Crippen LogP contribution in [0.2, 0.25) is 5.02 Å². The molecule has 0 aliphatic rings. The maximum Gasteiger partial charge on any atom is 0.228 e. The van der Waals surface area contributed by atoms with Crippen molar-refractivity contribution in [2.45, 2.75) is 6.42 Å². The highest BCUT2D eigenvalue weighted by Crippen LogP contribution is 2.36. The third kappa shape index (κ3) is 3.43. The van der Waals surface area contributed by atoms with E-state index in [1.165, 1.54) is 14.2 Å². The largest absolute Gasteiger partial charge is 0.493 e. The third-order valence-electron chi connectivity index (χ3n) is 2.69. The van der Waals surface area contributed by atoms with Crippen LogP contribution in [0.5, 0.6) is 11.5 Å². The molecule has 0 unspecified atom stereocenters. The standard InChI is InChI=1S/C14H14ClNO3S/c1-18-12-6-10(15)11(7-13(12)19-2)16-14(17)5-9-3-4-20-8-9/h3-4,6-8H,5H2,1-2H3,(H,16,17). The first kappa shape index (κ1) is 14.7. The van der Waals surface area contributed by atoms with Crippen molar-refractivity contribution in [2.75, 3.05) is 19.5 Å². The fraction of sp³-hybridized carbons (Fsp3) is 0.214. The lowest BCUT2D eigenvalue weighted by atomic mass is 10.2. The molecule has 0 saturated carbocycles. The molecular weight excluding hydrogens is 298 g/mol. The number of rotatable bonds is 5. The highest BCUT2D eigenvalue weighted by Gasteiger charge is 2.12. The summed E-state index contributed by atoms with van der Waals surface area (Å²) in [6, 6.07) is 5.17. The Morgan fingerprint density at radius 2 is 2.00 bits per heavy atom. The van der Waals surface area contributed by atoms with Crippen LogP contribution in [0.1, 0.15) is 5.56 Å². The van der Waals surface area contributed by atoms with Gasteiger partial charge in [0, 0.05) is 12.1 Å². The number of halogens is 1. The topological polar surface area (TPSA) is 47.6 Å². The maximum atomic E-state index is 11.9. The molecule has 2 aromatic rings. The Morgan fingerprint density at radius 3 is 2.60 bits per heavy atom. The summed E-state index contributed by atoms with van der Waals surface area (Å²) >= 11 is 7.67. The molecule has 1 aromatic heterocycles. The van der Waals surface area contributed by atoms with Gasteiger partial charge in [-0.1, -0.05) is 11.6 Å². The molecule has 6 heteroatoms. The van der Waals surface area contributed by atoms with Crippen molar-refractivity contribution in [3.63, 3.8) is 0 Å². The lowest BCUT2D eigenvalue weighted by Gasteiger charge is -2.12. The summed E-state index contributed by atoms with van der Waals surface area (Å²) < 4.78 is 10.3. The van der Waals surface area contributed by atoms with Crippen LogP contribution in [0, 0.1) is 0 Å². The van der Waals surface area contributed by atoms with Crippen LogP contribution in [0.15, 0.2) is 29.0 Å². The second-order valence-corrected chi connectivity index (χ2v) is 5.23. The van der Waals surface area contributed by atoms with Crippen molar-refractivity contribution in [1.82, 2.24) is 0 Å². The van der Waals surface area contributed by atoms with Crippen LogP contribution >= 0.6 is 22.9 Å². The van der Waals surface area contributed by atoms with Crippen LogP contribution in [0.4, 0.5) is 5.69 Å². The van der Waals surface area contributed by atoms with E-state index < -0.39 is 0 Å². The Hall–Kier alpha value is -1.72. The van der Waals surface area contributed by atoms with Crippen LogP contribution in [-0.4, -0.2) is 20.1 Å². The van der Waals surface area contributed by atoms with Gasteiger partial charge in [0.2, 0.25) is 5.91 Å². The molecule has 1 heterocycles. The van der Waals surface area contributed by atoms with Crippen molar-refractivity contribution in [3.8, 4) is 11.5 Å². The molecular formula is C14H14ClNO3S. The number of carbonyl (C=O) groups excluding carboxylic acids is 1. The molecule has 0 aliphatic heterocycles. The van der Waals surface area contributed by atoms with Crippen LogP contribution < -0.4 is 14.8 Å². The minimum absolute atomic E-state index is 0.127. The van der Waals surface area contributed by atoms with Gasteiger partial charge >= 0.3 is 0 Å². The molecule has 0 radical (unpaired) electrons. The fourth-order valence-corrected chi connectivity index (χ4v) is 2.59. The first-order valence-corrected chi connectivity index (χ1v) is 7.18. The Labute approximate surface area is 126 Å². The number of carbonyl (C=O) groups is 1. The Balaban J connectivity index is 2.14. The predicted octanol–water partition coefficient (Wildman–Crippen LogP) is 3.60. The molecule has 1 N–H and O–H groups in total. The Kier molecular flexibility index (Phi) is 4.87. The SMILES string of the molecule is COc1cc(Cl)c(NC(=O)Cc2ccsc2)cc1OC. The van der Waals surface area contributed by atoms with Crippen molar-refractivity contribution in [3.05, 3.63) is 39.5 Å². The van der Waals surface area contributed by atoms with Gasteiger partial charge in [-0.3, -0.25) is 4.79 Å². The average molecular weight is 312 g/mol. The summed E-state index contributed by atoms with van der Waals surface area (Å²) in [6.45, 7) is 0. The zero-order chi connectivity index (χ0) is 14.5. The summed E-state index contributed by atoms with van der Waals surface area (Å²) in [5, 5.41) is 7.05. The average Bonchev–Trinajstić information content (AvgIpc) is 2.93. The Morgan fingerprint density at radius 1 is 1.30 bits per heavy atom. The molecule has 4 nitrogen and oxygen atoms in total. The van der Waals surface area contributed by atoms with Gasteiger partial charge in [0.1, 0.15) is 0 Å². The number of thiophene rings is 1. The number of hydrogen-bond acceptors (Lipinski definition) is 4. The molecule has 0 atom stereocenters. The number of anilines is 1. The number of hydrogen-bond donors (Lipinski definition) is 1. The van der Waals surface area contributed by atoms with Crippen LogP contribution in [-0.2, 0) is 11.2 Å². The highest BCUT2D eigenvalue weighted by atomic mass is 35.5. The summed E-state index contributed by atoms with van der Waals surface area (Å²) in [6.07, 6.45) is 0.314. The predicted molar refractivity (Wildman–Crippen MR) is 81.2 cm³/mol. The van der Waals surface area contributed by atoms with Gasteiger partial charge in [-0.2, -0.15) is 11.3 Å². The van der Waals surface area contributed by atoms with Gasteiger partial charge in [-0.25, -0.2) is 0 Å². The second-order valence-electron chi connectivity index (χ2n) is 4.04. The van der Waals surface area contributed by atoms with E-state index in [1.54, 1.807) is 23.5 Å². The summed E-state index contributed by atoms with van der Waals surface area (Å²) in [5.74, 6) is 0.911. The highest BCUT2D eigenvalue weighted by molar-refractivity contribution is 7.08. The zero-order valence-corrected chi connectivity index (χ0v) is 12.7. The summed E-state index contributed by atoms with van der Waals surface area (Å²) in [5.41, 5.74) is 1.48. The monoisotopic (exact) mass is 311 g/mol. The first-order valence-electron chi connectivity index (χ1n) is 5.86. The van der Waals surface area contributed by atoms with E-state index >= 15 is 0 Å². The van der Waals surface area contributed by atoms with Crippen molar-refractivity contribution in [1.29, 1.82) is 0 Å². The summed E-state index contributed by atoms with van der Waals surface area (Å²) in [7, 11) is 3.06. The van der Waals surface area contributed by atoms with E-state index in [2.05, 4.69) is 5.32 Å². The van der Waals surface area contributed by atoms with Gasteiger partial charge in [0.25, 0.3) is 0 Å². The van der Waals surface area contributed by atoms with Gasteiger partial charge in [0.15, 0.2) is 11.5 Å². The molecule has 1 amide bonds. The number of benzene rings is 1. The first-order chi connectivity index (χ1) is 9.63. The van der Waals surface area contributed by atoms with Crippen molar-refractivity contribution >= 4 is 34.5 Å². The lowest BCUT2D eigenvalue weighted by molar-refractivity contribution is -0.115. The van der Waals surface area contributed by atoms with Crippen molar-refractivity contribution in [2.24, 2.45) is 0 Å². The summed E-state index contributed by atoms with van der Waals surface area (Å²) in [4.78, 5) is 11.9. The lowest BCUT2D eigenvalue weighted by Crippen LogP contribution is -2.14. The second kappa shape index (κ2) is 6.63. The quantitative estimate of drug-likeness (QED) is 0.917. The molecule has 0 bridgehead atoms. The molecule has 0 fully saturated rings. The molecule has 0 spiro atoms. The molecule has 1 aromatic carbocycles. The van der Waals surface area contributed by atoms with Crippen molar-refractivity contribution < 1.29 is 14.3 Å². The van der Waals surface area contributed by atoms with E-state index in [9.17, 15) is 4.79 Å². The smallest absolute Gasteiger partial charge is 0.228 e. The van der Waals surface area contributed by atoms with E-state index in [0.717, 1.165) is 5.56 Å². The molecule has 106 valence electrons. The van der Waals surface area contributed by atoms with Gasteiger partial charge < -0.3 is 14.8 Å². The molecule has 0 saturated heterocycles. The maximum absolute atomic E-state index is 11.9. The van der Waals surface area contributed by atoms with E-state index in [1.807, 2.05) is 16.8 Å². The normalized spacial score (nSPS) is 10.2. The van der Waals surface area contributed by atoms with Gasteiger partial charge in [-0.15, -0.1) is 0 Å². The van der Waals surface area contributed by atoms with Gasteiger partial charge in [0.05, 0.1) is 31.4 Å². The molecule has 2 rings (SSSR count). The van der Waals surface area contributed by atoms with Gasteiger partial charge in [-0.05, 0) is 22.4 Å². The van der Waals surface area contributed by atoms with E-state index in [-0.39, 0.29) is 5.91 Å². The number of nitrogens with one attached hydrogen (secondary N) is 1. The minimum Gasteiger partial charge on any atom is -0.493 e. The number of amides is 1. The Bertz CT molecular complexity index is 599.